The molecule has 0 unspecified atom stereocenters. The average molecular weight is 367 g/mol. The first kappa shape index (κ1) is 17.5. The van der Waals surface area contributed by atoms with Crippen molar-refractivity contribution in [3.8, 4) is 0 Å². The van der Waals surface area contributed by atoms with Gasteiger partial charge in [0.2, 0.25) is 23.6 Å². The third-order valence-electron chi connectivity index (χ3n) is 5.61. The number of allylic oxidation sites excluding steroid dienone is 2. The van der Waals surface area contributed by atoms with Crippen LogP contribution in [0.4, 0.5) is 11.4 Å². The number of hydrogen-bond acceptors (Lipinski definition) is 4. The van der Waals surface area contributed by atoms with Crippen molar-refractivity contribution in [2.24, 2.45) is 23.7 Å². The zero-order valence-corrected chi connectivity index (χ0v) is 15.0. The minimum Gasteiger partial charge on any atom is -0.326 e. The molecule has 140 valence electrons. The van der Waals surface area contributed by atoms with E-state index in [0.717, 1.165) is 6.42 Å². The van der Waals surface area contributed by atoms with Gasteiger partial charge in [-0.1, -0.05) is 12.2 Å². The molecule has 7 heteroatoms. The molecule has 1 aliphatic heterocycles. The molecule has 1 aromatic carbocycles. The maximum atomic E-state index is 12.6. The van der Waals surface area contributed by atoms with Crippen molar-refractivity contribution in [1.82, 2.24) is 4.90 Å². The number of nitrogens with one attached hydrogen (secondary N) is 2. The molecule has 0 spiro atoms. The summed E-state index contributed by atoms with van der Waals surface area (Å²) in [5, 5.41) is 5.39. The van der Waals surface area contributed by atoms with Gasteiger partial charge in [0.15, 0.2) is 0 Å². The first-order valence-electron chi connectivity index (χ1n) is 9.15. The number of anilines is 2. The molecule has 7 nitrogen and oxygen atoms in total. The molecular formula is C20H21N3O4. The van der Waals surface area contributed by atoms with Crippen LogP contribution >= 0.6 is 0 Å². The summed E-state index contributed by atoms with van der Waals surface area (Å²) in [7, 11) is 0. The monoisotopic (exact) mass is 367 g/mol. The second-order valence-electron chi connectivity index (χ2n) is 7.38. The van der Waals surface area contributed by atoms with Gasteiger partial charge in [-0.2, -0.15) is 0 Å². The number of imide groups is 1. The van der Waals surface area contributed by atoms with E-state index in [9.17, 15) is 19.2 Å². The number of fused-ring (bicyclic) bond motifs is 5. The summed E-state index contributed by atoms with van der Waals surface area (Å²) in [4.78, 5) is 49.6. The highest BCUT2D eigenvalue weighted by atomic mass is 16.2. The molecule has 0 radical (unpaired) electrons. The zero-order valence-electron chi connectivity index (χ0n) is 15.0. The van der Waals surface area contributed by atoms with E-state index in [1.54, 1.807) is 24.3 Å². The van der Waals surface area contributed by atoms with Crippen molar-refractivity contribution < 1.29 is 19.2 Å². The highest BCUT2D eigenvalue weighted by molar-refractivity contribution is 6.06. The van der Waals surface area contributed by atoms with Gasteiger partial charge in [-0.3, -0.25) is 24.1 Å². The van der Waals surface area contributed by atoms with Gasteiger partial charge in [0.05, 0.1) is 11.8 Å². The van der Waals surface area contributed by atoms with Gasteiger partial charge in [0, 0.05) is 31.3 Å². The molecule has 1 saturated carbocycles. The number of nitrogens with zero attached hydrogens (tertiary/aromatic N) is 1. The van der Waals surface area contributed by atoms with E-state index >= 15 is 0 Å². The Bertz CT molecular complexity index is 815. The third-order valence-corrected chi connectivity index (χ3v) is 5.61. The van der Waals surface area contributed by atoms with Gasteiger partial charge in [-0.05, 0) is 42.5 Å². The van der Waals surface area contributed by atoms with Crippen LogP contribution < -0.4 is 10.6 Å². The van der Waals surface area contributed by atoms with E-state index in [4.69, 9.17) is 0 Å². The minimum atomic E-state index is -0.263. The molecule has 2 aliphatic carbocycles. The molecule has 2 N–H and O–H groups in total. The standard InChI is InChI=1S/C20H21N3O4/c1-11(24)21-14-4-6-15(7-5-14)22-16(25)8-9-23-19(26)17-12-2-3-13(10-12)18(17)20(23)27/h2-7,12-13,17-18H,8-10H2,1H3,(H,21,24)(H,22,25)/t12-,13-,17+,18+/m0/s1. The van der Waals surface area contributed by atoms with Crippen LogP contribution in [0.1, 0.15) is 19.8 Å². The number of benzene rings is 1. The van der Waals surface area contributed by atoms with E-state index in [-0.39, 0.29) is 60.3 Å². The second-order valence-corrected chi connectivity index (χ2v) is 7.38. The number of amides is 4. The lowest BCUT2D eigenvalue weighted by Gasteiger charge is -2.17. The Morgan fingerprint density at radius 1 is 0.963 bits per heavy atom. The van der Waals surface area contributed by atoms with Gasteiger partial charge in [0.1, 0.15) is 0 Å². The van der Waals surface area contributed by atoms with Gasteiger partial charge >= 0.3 is 0 Å². The molecule has 27 heavy (non-hydrogen) atoms. The lowest BCUT2D eigenvalue weighted by Crippen LogP contribution is -2.35. The predicted octanol–water partition coefficient (Wildman–Crippen LogP) is 1.78. The predicted molar refractivity (Wildman–Crippen MR) is 98.4 cm³/mol. The molecule has 2 bridgehead atoms. The number of carbonyl (C=O) groups is 4. The Balaban J connectivity index is 1.31. The molecule has 1 heterocycles. The van der Waals surface area contributed by atoms with E-state index in [1.165, 1.54) is 11.8 Å². The highest BCUT2D eigenvalue weighted by Crippen LogP contribution is 2.52. The van der Waals surface area contributed by atoms with Crippen LogP contribution in [-0.2, 0) is 19.2 Å². The number of hydrogen-bond donors (Lipinski definition) is 2. The molecular weight excluding hydrogens is 346 g/mol. The summed E-state index contributed by atoms with van der Waals surface area (Å²) in [6.45, 7) is 1.53. The average Bonchev–Trinajstić information content (AvgIpc) is 3.29. The Hall–Kier alpha value is -2.96. The fourth-order valence-corrected chi connectivity index (χ4v) is 4.46. The van der Waals surface area contributed by atoms with Crippen LogP contribution in [-0.4, -0.2) is 35.1 Å². The van der Waals surface area contributed by atoms with E-state index < -0.39 is 0 Å². The molecule has 0 aromatic heterocycles. The molecule has 4 amide bonds. The van der Waals surface area contributed by atoms with Crippen molar-refractivity contribution >= 4 is 35.0 Å². The zero-order chi connectivity index (χ0) is 19.1. The van der Waals surface area contributed by atoms with Crippen LogP contribution in [0.15, 0.2) is 36.4 Å². The largest absolute Gasteiger partial charge is 0.326 e. The molecule has 1 aromatic rings. The summed E-state index contributed by atoms with van der Waals surface area (Å²) in [5.74, 6) is -0.784. The summed E-state index contributed by atoms with van der Waals surface area (Å²) in [6.07, 6.45) is 5.07. The summed E-state index contributed by atoms with van der Waals surface area (Å²) < 4.78 is 0. The first-order chi connectivity index (χ1) is 12.9. The third kappa shape index (κ3) is 3.13. The van der Waals surface area contributed by atoms with E-state index in [1.807, 2.05) is 0 Å². The quantitative estimate of drug-likeness (QED) is 0.613. The van der Waals surface area contributed by atoms with Gasteiger partial charge in [-0.15, -0.1) is 0 Å². The van der Waals surface area contributed by atoms with Crippen LogP contribution in [0, 0.1) is 23.7 Å². The molecule has 4 rings (SSSR count). The Morgan fingerprint density at radius 3 is 2.00 bits per heavy atom. The fourth-order valence-electron chi connectivity index (χ4n) is 4.46. The number of carbonyl (C=O) groups excluding carboxylic acids is 4. The summed E-state index contributed by atoms with van der Waals surface area (Å²) in [5.41, 5.74) is 1.23. The smallest absolute Gasteiger partial charge is 0.233 e. The maximum Gasteiger partial charge on any atom is 0.233 e. The van der Waals surface area contributed by atoms with Gasteiger partial charge in [0.25, 0.3) is 0 Å². The van der Waals surface area contributed by atoms with Crippen LogP contribution in [0.25, 0.3) is 0 Å². The molecule has 1 saturated heterocycles. The molecule has 2 fully saturated rings. The van der Waals surface area contributed by atoms with E-state index in [2.05, 4.69) is 22.8 Å². The van der Waals surface area contributed by atoms with Crippen LogP contribution in [0.2, 0.25) is 0 Å². The summed E-state index contributed by atoms with van der Waals surface area (Å²) in [6, 6.07) is 6.75. The van der Waals surface area contributed by atoms with Crippen molar-refractivity contribution in [2.75, 3.05) is 17.2 Å². The minimum absolute atomic E-state index is 0.0626. The SMILES string of the molecule is CC(=O)Nc1ccc(NC(=O)CCN2C(=O)[C@H]3[C@H](C2=O)[C@H]2C=C[C@H]3C2)cc1. The highest BCUT2D eigenvalue weighted by Gasteiger charge is 2.58. The van der Waals surface area contributed by atoms with Crippen LogP contribution in [0.5, 0.6) is 0 Å². The second kappa shape index (κ2) is 6.64. The topological polar surface area (TPSA) is 95.6 Å². The Kier molecular flexibility index (Phi) is 4.30. The van der Waals surface area contributed by atoms with Gasteiger partial charge < -0.3 is 10.6 Å². The lowest BCUT2D eigenvalue weighted by molar-refractivity contribution is -0.140. The molecule has 4 atom stereocenters. The fraction of sp³-hybridized carbons (Fsp3) is 0.400. The van der Waals surface area contributed by atoms with Crippen molar-refractivity contribution in [2.45, 2.75) is 19.8 Å². The normalized spacial score (nSPS) is 27.8. The molecule has 3 aliphatic rings. The van der Waals surface area contributed by atoms with E-state index in [0.29, 0.717) is 11.4 Å². The van der Waals surface area contributed by atoms with Gasteiger partial charge in [-0.25, -0.2) is 0 Å². The summed E-state index contributed by atoms with van der Waals surface area (Å²) >= 11 is 0. The van der Waals surface area contributed by atoms with Crippen molar-refractivity contribution in [1.29, 1.82) is 0 Å². The lowest BCUT2D eigenvalue weighted by atomic mass is 9.85. The Labute approximate surface area is 156 Å². The first-order valence-corrected chi connectivity index (χ1v) is 9.15. The number of likely N-dealkylation sites (tertiary alicyclic amines) is 1. The van der Waals surface area contributed by atoms with Crippen molar-refractivity contribution in [3.63, 3.8) is 0 Å². The Morgan fingerprint density at radius 2 is 1.48 bits per heavy atom. The maximum absolute atomic E-state index is 12.6. The van der Waals surface area contributed by atoms with Crippen molar-refractivity contribution in [3.05, 3.63) is 36.4 Å². The van der Waals surface area contributed by atoms with Crippen LogP contribution in [0.3, 0.4) is 0 Å². The number of rotatable bonds is 5.